The van der Waals surface area contributed by atoms with Crippen molar-refractivity contribution in [1.29, 1.82) is 0 Å². The van der Waals surface area contributed by atoms with Gasteiger partial charge in [-0.25, -0.2) is 17.1 Å². The fraction of sp³-hybridized carbons (Fsp3) is 0.467. The molecule has 8 heteroatoms. The Morgan fingerprint density at radius 2 is 2.09 bits per heavy atom. The molecule has 0 aliphatic carbocycles. The number of sulfonamides is 1. The first-order valence-corrected chi connectivity index (χ1v) is 9.07. The third-order valence-corrected chi connectivity index (χ3v) is 5.75. The fourth-order valence-electron chi connectivity index (χ4n) is 2.76. The van der Waals surface area contributed by atoms with Gasteiger partial charge in [0.2, 0.25) is 15.9 Å². The van der Waals surface area contributed by atoms with E-state index in [2.05, 4.69) is 10.1 Å². The molecule has 2 aromatic rings. The highest BCUT2D eigenvalue weighted by atomic mass is 32.2. The molecule has 1 aliphatic rings. The van der Waals surface area contributed by atoms with E-state index in [0.717, 1.165) is 12.8 Å². The lowest BCUT2D eigenvalue weighted by Crippen LogP contribution is -2.39. The molecule has 6 nitrogen and oxygen atoms in total. The summed E-state index contributed by atoms with van der Waals surface area (Å²) in [4.78, 5) is 4.20. The summed E-state index contributed by atoms with van der Waals surface area (Å²) in [6.07, 6.45) is 1.57. The van der Waals surface area contributed by atoms with E-state index in [1.807, 2.05) is 0 Å². The third kappa shape index (κ3) is 3.76. The van der Waals surface area contributed by atoms with Gasteiger partial charge in [-0.15, -0.1) is 0 Å². The molecule has 0 spiro atoms. The van der Waals surface area contributed by atoms with E-state index in [1.54, 1.807) is 6.92 Å². The SMILES string of the molecule is Cc1noc([C@H]2CCCN(S(=O)(=O)Cc3ccc(F)cc3)C2)n1. The van der Waals surface area contributed by atoms with Crippen molar-refractivity contribution in [3.8, 4) is 0 Å². The van der Waals surface area contributed by atoms with Gasteiger partial charge < -0.3 is 4.52 Å². The topological polar surface area (TPSA) is 76.3 Å². The Hall–Kier alpha value is -1.80. The van der Waals surface area contributed by atoms with Crippen molar-refractivity contribution in [2.45, 2.75) is 31.4 Å². The zero-order chi connectivity index (χ0) is 16.4. The summed E-state index contributed by atoms with van der Waals surface area (Å²) in [5.74, 6) is 0.447. The Morgan fingerprint density at radius 1 is 1.35 bits per heavy atom. The first kappa shape index (κ1) is 16.1. The van der Waals surface area contributed by atoms with Crippen LogP contribution in [0.1, 0.15) is 36.0 Å². The quantitative estimate of drug-likeness (QED) is 0.854. The molecule has 0 radical (unpaired) electrons. The Bertz CT molecular complexity index is 774. The van der Waals surface area contributed by atoms with Gasteiger partial charge in [0.1, 0.15) is 5.82 Å². The number of aryl methyl sites for hydroxylation is 1. The van der Waals surface area contributed by atoms with Crippen molar-refractivity contribution >= 4 is 10.0 Å². The number of halogens is 1. The standard InChI is InChI=1S/C15H18FN3O3S/c1-11-17-15(22-18-11)13-3-2-8-19(9-13)23(20,21)10-12-4-6-14(16)7-5-12/h4-7,13H,2-3,8-10H2,1H3/t13-/m0/s1. The van der Waals surface area contributed by atoms with Gasteiger partial charge in [0.25, 0.3) is 0 Å². The number of rotatable bonds is 4. The van der Waals surface area contributed by atoms with E-state index in [0.29, 0.717) is 30.4 Å². The van der Waals surface area contributed by atoms with Gasteiger partial charge in [0.05, 0.1) is 11.7 Å². The summed E-state index contributed by atoms with van der Waals surface area (Å²) in [7, 11) is -3.46. The summed E-state index contributed by atoms with van der Waals surface area (Å²) < 4.78 is 44.7. The predicted molar refractivity (Wildman–Crippen MR) is 81.6 cm³/mol. The number of piperidine rings is 1. The van der Waals surface area contributed by atoms with Gasteiger partial charge >= 0.3 is 0 Å². The number of benzene rings is 1. The molecule has 0 unspecified atom stereocenters. The molecule has 23 heavy (non-hydrogen) atoms. The van der Waals surface area contributed by atoms with Crippen LogP contribution in [0.2, 0.25) is 0 Å². The summed E-state index contributed by atoms with van der Waals surface area (Å²) in [5, 5.41) is 3.77. The van der Waals surface area contributed by atoms with E-state index in [4.69, 9.17) is 4.52 Å². The summed E-state index contributed by atoms with van der Waals surface area (Å²) in [5.41, 5.74) is 0.571. The summed E-state index contributed by atoms with van der Waals surface area (Å²) in [6.45, 7) is 2.55. The van der Waals surface area contributed by atoms with Crippen LogP contribution < -0.4 is 0 Å². The van der Waals surface area contributed by atoms with Crippen LogP contribution in [-0.4, -0.2) is 36.0 Å². The van der Waals surface area contributed by atoms with Crippen molar-refractivity contribution in [2.75, 3.05) is 13.1 Å². The van der Waals surface area contributed by atoms with E-state index >= 15 is 0 Å². The van der Waals surface area contributed by atoms with Crippen LogP contribution in [0.5, 0.6) is 0 Å². The molecule has 1 saturated heterocycles. The molecular formula is C15H18FN3O3S. The zero-order valence-electron chi connectivity index (χ0n) is 12.8. The van der Waals surface area contributed by atoms with Gasteiger partial charge in [-0.05, 0) is 37.5 Å². The molecule has 0 N–H and O–H groups in total. The number of nitrogens with zero attached hydrogens (tertiary/aromatic N) is 3. The number of hydrogen-bond acceptors (Lipinski definition) is 5. The lowest BCUT2D eigenvalue weighted by molar-refractivity contribution is 0.265. The van der Waals surface area contributed by atoms with Gasteiger partial charge in [-0.1, -0.05) is 17.3 Å². The molecule has 3 rings (SSSR count). The van der Waals surface area contributed by atoms with Crippen molar-refractivity contribution in [3.63, 3.8) is 0 Å². The van der Waals surface area contributed by atoms with Crippen LogP contribution in [-0.2, 0) is 15.8 Å². The number of hydrogen-bond donors (Lipinski definition) is 0. The Morgan fingerprint density at radius 3 is 2.74 bits per heavy atom. The average molecular weight is 339 g/mol. The van der Waals surface area contributed by atoms with E-state index in [9.17, 15) is 12.8 Å². The van der Waals surface area contributed by atoms with Crippen molar-refractivity contribution in [2.24, 2.45) is 0 Å². The van der Waals surface area contributed by atoms with Crippen LogP contribution in [0.25, 0.3) is 0 Å². The minimum atomic E-state index is -3.46. The molecule has 2 heterocycles. The maximum atomic E-state index is 12.9. The van der Waals surface area contributed by atoms with E-state index in [1.165, 1.54) is 28.6 Å². The van der Waals surface area contributed by atoms with Gasteiger partial charge in [0.15, 0.2) is 5.82 Å². The van der Waals surface area contributed by atoms with Crippen LogP contribution in [0.3, 0.4) is 0 Å². The third-order valence-electron chi connectivity index (χ3n) is 3.93. The van der Waals surface area contributed by atoms with Crippen LogP contribution in [0.4, 0.5) is 4.39 Å². The Kier molecular flexibility index (Phi) is 4.45. The largest absolute Gasteiger partial charge is 0.339 e. The molecule has 1 aliphatic heterocycles. The second kappa shape index (κ2) is 6.37. The Balaban J connectivity index is 1.73. The van der Waals surface area contributed by atoms with Crippen LogP contribution >= 0.6 is 0 Å². The van der Waals surface area contributed by atoms with Crippen molar-refractivity contribution in [3.05, 3.63) is 47.4 Å². The molecular weight excluding hydrogens is 321 g/mol. The minimum absolute atomic E-state index is 0.0760. The minimum Gasteiger partial charge on any atom is -0.339 e. The van der Waals surface area contributed by atoms with E-state index in [-0.39, 0.29) is 17.5 Å². The van der Waals surface area contributed by atoms with Crippen molar-refractivity contribution < 1.29 is 17.3 Å². The molecule has 0 saturated carbocycles. The lowest BCUT2D eigenvalue weighted by atomic mass is 10.00. The first-order chi connectivity index (χ1) is 10.9. The first-order valence-electron chi connectivity index (χ1n) is 7.46. The highest BCUT2D eigenvalue weighted by Gasteiger charge is 2.32. The smallest absolute Gasteiger partial charge is 0.231 e. The van der Waals surface area contributed by atoms with E-state index < -0.39 is 10.0 Å². The molecule has 1 aromatic carbocycles. The fourth-order valence-corrected chi connectivity index (χ4v) is 4.37. The van der Waals surface area contributed by atoms with Crippen LogP contribution in [0.15, 0.2) is 28.8 Å². The highest BCUT2D eigenvalue weighted by Crippen LogP contribution is 2.28. The van der Waals surface area contributed by atoms with Gasteiger partial charge in [-0.3, -0.25) is 0 Å². The summed E-state index contributed by atoms with van der Waals surface area (Å²) in [6, 6.07) is 5.53. The molecule has 1 aromatic heterocycles. The Labute approximate surface area is 134 Å². The summed E-state index contributed by atoms with van der Waals surface area (Å²) >= 11 is 0. The zero-order valence-corrected chi connectivity index (χ0v) is 13.6. The molecule has 0 amide bonds. The second-order valence-corrected chi connectivity index (χ2v) is 7.73. The van der Waals surface area contributed by atoms with Gasteiger partial charge in [-0.2, -0.15) is 4.98 Å². The predicted octanol–water partition coefficient (Wildman–Crippen LogP) is 2.23. The lowest BCUT2D eigenvalue weighted by Gasteiger charge is -2.30. The second-order valence-electron chi connectivity index (χ2n) is 5.76. The molecule has 124 valence electrons. The highest BCUT2D eigenvalue weighted by molar-refractivity contribution is 7.88. The van der Waals surface area contributed by atoms with Crippen LogP contribution in [0, 0.1) is 12.7 Å². The normalized spacial score (nSPS) is 19.8. The van der Waals surface area contributed by atoms with Gasteiger partial charge in [0, 0.05) is 13.1 Å². The molecule has 1 atom stereocenters. The monoisotopic (exact) mass is 339 g/mol. The molecule has 1 fully saturated rings. The molecule has 0 bridgehead atoms. The average Bonchev–Trinajstić information content (AvgIpc) is 2.96. The number of aromatic nitrogens is 2. The maximum absolute atomic E-state index is 12.9. The maximum Gasteiger partial charge on any atom is 0.231 e. The van der Waals surface area contributed by atoms with Crippen molar-refractivity contribution in [1.82, 2.24) is 14.4 Å².